The first-order valence-corrected chi connectivity index (χ1v) is 10.9. The lowest BCUT2D eigenvalue weighted by molar-refractivity contribution is -0.192. The van der Waals surface area contributed by atoms with E-state index in [0.29, 0.717) is 18.7 Å². The van der Waals surface area contributed by atoms with Crippen molar-refractivity contribution >= 4 is 23.3 Å². The summed E-state index contributed by atoms with van der Waals surface area (Å²) in [6.45, 7) is 2.26. The molecule has 3 heterocycles. The molecule has 176 valence electrons. The maximum Gasteiger partial charge on any atom is 0.490 e. The number of alkyl halides is 3. The second-order valence-electron chi connectivity index (χ2n) is 7.15. The van der Waals surface area contributed by atoms with E-state index in [1.165, 1.54) is 4.88 Å². The van der Waals surface area contributed by atoms with Crippen molar-refractivity contribution in [2.75, 3.05) is 6.54 Å². The Labute approximate surface area is 190 Å². The molecule has 4 rings (SSSR count). The van der Waals surface area contributed by atoms with E-state index in [0.717, 1.165) is 48.3 Å². The van der Waals surface area contributed by atoms with Crippen LogP contribution in [0.5, 0.6) is 0 Å². The average Bonchev–Trinajstić information content (AvgIpc) is 3.40. The molecule has 0 saturated heterocycles. The number of rotatable bonds is 7. The Kier molecular flexibility index (Phi) is 7.82. The molecule has 0 fully saturated rings. The third-order valence-electron chi connectivity index (χ3n) is 4.90. The van der Waals surface area contributed by atoms with Crippen LogP contribution in [0.25, 0.3) is 11.3 Å². The van der Waals surface area contributed by atoms with Crippen molar-refractivity contribution < 1.29 is 33.0 Å². The van der Waals surface area contributed by atoms with Gasteiger partial charge in [-0.25, -0.2) is 9.59 Å². The van der Waals surface area contributed by atoms with E-state index in [1.54, 1.807) is 22.2 Å². The van der Waals surface area contributed by atoms with Gasteiger partial charge >= 0.3 is 18.1 Å². The highest BCUT2D eigenvalue weighted by atomic mass is 32.1. The number of nitrogens with one attached hydrogen (secondary N) is 1. The van der Waals surface area contributed by atoms with Crippen molar-refractivity contribution in [1.29, 1.82) is 0 Å². The van der Waals surface area contributed by atoms with E-state index < -0.39 is 18.1 Å². The number of carboxylic acids is 2. The van der Waals surface area contributed by atoms with Crippen LogP contribution < -0.4 is 5.32 Å². The topological polar surface area (TPSA) is 117 Å². The number of aryl methyl sites for hydroxylation is 2. The molecule has 0 atom stereocenters. The molecule has 1 aliphatic rings. The van der Waals surface area contributed by atoms with Crippen LogP contribution in [0.1, 0.15) is 32.9 Å². The second-order valence-corrected chi connectivity index (χ2v) is 8.18. The highest BCUT2D eigenvalue weighted by Gasteiger charge is 2.38. The summed E-state index contributed by atoms with van der Waals surface area (Å²) in [6, 6.07) is 6.08. The number of nitrogens with zero attached hydrogens (tertiary/aromatic N) is 3. The minimum Gasteiger partial charge on any atom is -0.477 e. The van der Waals surface area contributed by atoms with Gasteiger partial charge in [0.2, 0.25) is 0 Å². The summed E-state index contributed by atoms with van der Waals surface area (Å²) < 4.78 is 33.4. The first kappa shape index (κ1) is 24.4. The normalized spacial score (nSPS) is 12.3. The zero-order valence-electron chi connectivity index (χ0n) is 17.3. The van der Waals surface area contributed by atoms with E-state index in [2.05, 4.69) is 26.8 Å². The summed E-state index contributed by atoms with van der Waals surface area (Å²) in [5, 5.41) is 26.9. The molecule has 0 aromatic carbocycles. The number of aromatic nitrogens is 3. The Bertz CT molecular complexity index is 1110. The number of halogens is 3. The maximum absolute atomic E-state index is 11.8. The average molecular weight is 482 g/mol. The van der Waals surface area contributed by atoms with E-state index in [9.17, 15) is 23.1 Å². The number of fused-ring (bicyclic) bond motifs is 3. The lowest BCUT2D eigenvalue weighted by atomic mass is 9.90. The van der Waals surface area contributed by atoms with Crippen LogP contribution in [0.15, 0.2) is 36.0 Å². The van der Waals surface area contributed by atoms with Gasteiger partial charge < -0.3 is 15.5 Å². The predicted octanol–water partition coefficient (Wildman–Crippen LogP) is 3.62. The van der Waals surface area contributed by atoms with Crippen LogP contribution in [0.3, 0.4) is 0 Å². The molecule has 1 aliphatic carbocycles. The van der Waals surface area contributed by atoms with Gasteiger partial charge in [-0.3, -0.25) is 9.67 Å². The van der Waals surface area contributed by atoms with Crippen LogP contribution in [0.4, 0.5) is 13.2 Å². The minimum absolute atomic E-state index is 0.334. The molecule has 0 unspecified atom stereocenters. The summed E-state index contributed by atoms with van der Waals surface area (Å²) in [5.74, 6) is -3.66. The summed E-state index contributed by atoms with van der Waals surface area (Å²) in [6.07, 6.45) is 0.848. The maximum atomic E-state index is 11.8. The summed E-state index contributed by atoms with van der Waals surface area (Å²) in [5.41, 5.74) is 4.14. The fourth-order valence-corrected chi connectivity index (χ4v) is 4.12. The van der Waals surface area contributed by atoms with Crippen LogP contribution in [0, 0.1) is 0 Å². The van der Waals surface area contributed by atoms with Gasteiger partial charge in [0.05, 0.1) is 5.69 Å². The largest absolute Gasteiger partial charge is 0.490 e. The fourth-order valence-electron chi connectivity index (χ4n) is 3.45. The highest BCUT2D eigenvalue weighted by molar-refractivity contribution is 7.09. The molecule has 3 aromatic heterocycles. The third-order valence-corrected chi connectivity index (χ3v) is 5.78. The van der Waals surface area contributed by atoms with E-state index in [4.69, 9.17) is 9.90 Å². The van der Waals surface area contributed by atoms with Gasteiger partial charge in [0, 0.05) is 41.5 Å². The number of aromatic carboxylic acids is 1. The van der Waals surface area contributed by atoms with Crippen LogP contribution in [-0.2, 0) is 30.7 Å². The van der Waals surface area contributed by atoms with Crippen LogP contribution >= 0.6 is 11.3 Å². The quantitative estimate of drug-likeness (QED) is 0.441. The Hall–Kier alpha value is -3.25. The number of carboxylic acid groups (broad SMARTS) is 2. The Balaban J connectivity index is 0.000000383. The number of hydrogen-bond acceptors (Lipinski definition) is 6. The fraction of sp³-hybridized carbons (Fsp3) is 0.333. The van der Waals surface area contributed by atoms with Gasteiger partial charge in [0.1, 0.15) is 5.69 Å². The zero-order valence-corrected chi connectivity index (χ0v) is 18.1. The molecule has 0 radical (unpaired) electrons. The molecule has 0 spiro atoms. The Morgan fingerprint density at radius 2 is 1.97 bits per heavy atom. The number of carbonyl (C=O) groups is 2. The van der Waals surface area contributed by atoms with Crippen LogP contribution in [0.2, 0.25) is 0 Å². The molecule has 0 amide bonds. The van der Waals surface area contributed by atoms with Crippen molar-refractivity contribution in [2.24, 2.45) is 0 Å². The number of aliphatic carboxylic acids is 1. The SMILES string of the molecule is O=C(O)C(F)(F)F.O=C(O)c1c2c(nn1CCCNCc1cccs1)-c1ccncc1CC2. The third kappa shape index (κ3) is 6.17. The van der Waals surface area contributed by atoms with Gasteiger partial charge in [-0.2, -0.15) is 18.3 Å². The highest BCUT2D eigenvalue weighted by Crippen LogP contribution is 2.34. The molecular formula is C21H21F3N4O4S. The number of pyridine rings is 1. The Morgan fingerprint density at radius 1 is 1.21 bits per heavy atom. The summed E-state index contributed by atoms with van der Waals surface area (Å²) >= 11 is 1.73. The summed E-state index contributed by atoms with van der Waals surface area (Å²) in [7, 11) is 0. The molecule has 0 saturated carbocycles. The number of thiophene rings is 1. The van der Waals surface area contributed by atoms with Crippen molar-refractivity contribution in [2.45, 2.75) is 38.5 Å². The number of hydrogen-bond donors (Lipinski definition) is 3. The molecule has 8 nitrogen and oxygen atoms in total. The first-order chi connectivity index (χ1) is 15.7. The van der Waals surface area contributed by atoms with Gasteiger partial charge in [0.15, 0.2) is 0 Å². The van der Waals surface area contributed by atoms with Crippen molar-refractivity contribution in [1.82, 2.24) is 20.1 Å². The molecule has 0 aliphatic heterocycles. The molecular weight excluding hydrogens is 461 g/mol. The first-order valence-electron chi connectivity index (χ1n) is 9.98. The summed E-state index contributed by atoms with van der Waals surface area (Å²) in [4.78, 5) is 26.2. The van der Waals surface area contributed by atoms with Crippen molar-refractivity contribution in [3.8, 4) is 11.3 Å². The van der Waals surface area contributed by atoms with E-state index in [-0.39, 0.29) is 0 Å². The smallest absolute Gasteiger partial charge is 0.477 e. The van der Waals surface area contributed by atoms with E-state index >= 15 is 0 Å². The molecule has 0 bridgehead atoms. The van der Waals surface area contributed by atoms with Crippen molar-refractivity contribution in [3.63, 3.8) is 0 Å². The standard InChI is InChI=1S/C19H20N4O2S.C2HF3O2/c24-19(25)18-16-5-4-13-11-21-8-6-15(13)17(16)22-23(18)9-2-7-20-12-14-3-1-10-26-14;3-2(4,5)1(6)7/h1,3,6,8,10-11,20H,2,4-5,7,9,12H2,(H,24,25);(H,6,7). The van der Waals surface area contributed by atoms with Gasteiger partial charge in [0.25, 0.3) is 0 Å². The van der Waals surface area contributed by atoms with Crippen LogP contribution in [-0.4, -0.2) is 49.6 Å². The molecule has 12 heteroatoms. The molecule has 33 heavy (non-hydrogen) atoms. The van der Waals surface area contributed by atoms with Gasteiger partial charge in [-0.15, -0.1) is 11.3 Å². The van der Waals surface area contributed by atoms with Gasteiger partial charge in [-0.1, -0.05) is 6.07 Å². The monoisotopic (exact) mass is 482 g/mol. The second kappa shape index (κ2) is 10.6. The lowest BCUT2D eigenvalue weighted by Gasteiger charge is -2.14. The lowest BCUT2D eigenvalue weighted by Crippen LogP contribution is -2.21. The van der Waals surface area contributed by atoms with Gasteiger partial charge in [-0.05, 0) is 48.9 Å². The zero-order chi connectivity index (χ0) is 24.0. The van der Waals surface area contributed by atoms with Crippen molar-refractivity contribution in [3.05, 3.63) is 57.7 Å². The molecule has 3 N–H and O–H groups in total. The molecule has 3 aromatic rings. The Morgan fingerprint density at radius 3 is 2.61 bits per heavy atom. The predicted molar refractivity (Wildman–Crippen MR) is 114 cm³/mol. The minimum atomic E-state index is -5.08. The van der Waals surface area contributed by atoms with E-state index in [1.807, 2.05) is 18.3 Å².